The summed E-state index contributed by atoms with van der Waals surface area (Å²) in [5.41, 5.74) is 0.831. The van der Waals surface area contributed by atoms with Gasteiger partial charge in [0.2, 0.25) is 5.91 Å². The molecule has 1 N–H and O–H groups in total. The Morgan fingerprint density at radius 3 is 2.48 bits per heavy atom. The van der Waals surface area contributed by atoms with Crippen molar-refractivity contribution in [2.45, 2.75) is 11.4 Å². The van der Waals surface area contributed by atoms with Crippen LogP contribution in [-0.2, 0) is 11.3 Å². The van der Waals surface area contributed by atoms with Gasteiger partial charge in [-0.15, -0.1) is 11.8 Å². The van der Waals surface area contributed by atoms with Gasteiger partial charge in [0.15, 0.2) is 0 Å². The van der Waals surface area contributed by atoms with E-state index in [0.29, 0.717) is 27.4 Å². The normalized spacial score (nSPS) is 10.8. The summed E-state index contributed by atoms with van der Waals surface area (Å²) in [5.74, 6) is 0.232. The van der Waals surface area contributed by atoms with Crippen molar-refractivity contribution in [3.63, 3.8) is 0 Å². The molecule has 0 saturated carbocycles. The minimum atomic E-state index is -0.0694. The number of benzene rings is 3. The Morgan fingerprint density at radius 1 is 0.960 bits per heavy atom. The van der Waals surface area contributed by atoms with Crippen molar-refractivity contribution in [2.24, 2.45) is 0 Å². The van der Waals surface area contributed by atoms with Crippen LogP contribution in [0.15, 0.2) is 59.5 Å². The molecule has 0 aromatic heterocycles. The molecule has 0 aliphatic carbocycles. The topological polar surface area (TPSA) is 29.1 Å². The summed E-state index contributed by atoms with van der Waals surface area (Å²) >= 11 is 19.8. The van der Waals surface area contributed by atoms with Crippen LogP contribution in [0.2, 0.25) is 15.1 Å². The Bertz CT molecular complexity index is 924. The number of hydrogen-bond acceptors (Lipinski definition) is 2. The number of thioether (sulfide) groups is 1. The second-order valence-corrected chi connectivity index (χ2v) is 7.66. The molecular weight excluding hydrogens is 397 g/mol. The Balaban J connectivity index is 1.63. The number of rotatable bonds is 5. The van der Waals surface area contributed by atoms with Gasteiger partial charge in [-0.3, -0.25) is 4.79 Å². The number of carbonyl (C=O) groups is 1. The molecule has 2 nitrogen and oxygen atoms in total. The first kappa shape index (κ1) is 18.4. The van der Waals surface area contributed by atoms with Crippen molar-refractivity contribution in [1.82, 2.24) is 5.32 Å². The van der Waals surface area contributed by atoms with E-state index in [4.69, 9.17) is 34.8 Å². The zero-order valence-electron chi connectivity index (χ0n) is 13.1. The highest BCUT2D eigenvalue weighted by atomic mass is 35.5. The Labute approximate surface area is 165 Å². The molecule has 0 spiro atoms. The number of amides is 1. The van der Waals surface area contributed by atoms with Gasteiger partial charge in [-0.1, -0.05) is 65.1 Å². The average molecular weight is 411 g/mol. The van der Waals surface area contributed by atoms with Crippen LogP contribution in [-0.4, -0.2) is 11.7 Å². The van der Waals surface area contributed by atoms with E-state index < -0.39 is 0 Å². The lowest BCUT2D eigenvalue weighted by molar-refractivity contribution is -0.118. The molecule has 0 atom stereocenters. The second kappa shape index (κ2) is 8.33. The van der Waals surface area contributed by atoms with Gasteiger partial charge in [-0.05, 0) is 35.2 Å². The molecule has 0 aliphatic rings. The lowest BCUT2D eigenvalue weighted by atomic mass is 10.1. The van der Waals surface area contributed by atoms with E-state index in [1.165, 1.54) is 11.8 Å². The first-order valence-electron chi connectivity index (χ1n) is 7.55. The minimum Gasteiger partial charge on any atom is -0.351 e. The summed E-state index contributed by atoms with van der Waals surface area (Å²) in [6, 6.07) is 17.0. The zero-order valence-corrected chi connectivity index (χ0v) is 16.1. The first-order valence-corrected chi connectivity index (χ1v) is 9.67. The summed E-state index contributed by atoms with van der Waals surface area (Å²) in [5, 5.41) is 6.71. The number of carbonyl (C=O) groups excluding carboxylic acids is 1. The highest BCUT2D eigenvalue weighted by Crippen LogP contribution is 2.33. The predicted octanol–water partition coefficient (Wildman–Crippen LogP) is 6.21. The smallest absolute Gasteiger partial charge is 0.230 e. The fourth-order valence-electron chi connectivity index (χ4n) is 2.44. The fourth-order valence-corrected chi connectivity index (χ4v) is 4.19. The van der Waals surface area contributed by atoms with Crippen LogP contribution in [0.5, 0.6) is 0 Å². The Morgan fingerprint density at radius 2 is 1.72 bits per heavy atom. The van der Waals surface area contributed by atoms with Crippen LogP contribution < -0.4 is 5.32 Å². The van der Waals surface area contributed by atoms with E-state index in [1.807, 2.05) is 42.5 Å². The molecule has 0 fully saturated rings. The summed E-state index contributed by atoms with van der Waals surface area (Å²) in [6.45, 7) is 0.367. The molecule has 25 heavy (non-hydrogen) atoms. The van der Waals surface area contributed by atoms with Crippen LogP contribution in [0.4, 0.5) is 0 Å². The van der Waals surface area contributed by atoms with E-state index in [2.05, 4.69) is 5.32 Å². The van der Waals surface area contributed by atoms with Gasteiger partial charge in [-0.25, -0.2) is 0 Å². The van der Waals surface area contributed by atoms with E-state index in [-0.39, 0.29) is 5.91 Å². The van der Waals surface area contributed by atoms with E-state index >= 15 is 0 Å². The molecular formula is C19H14Cl3NOS. The maximum Gasteiger partial charge on any atom is 0.230 e. The first-order chi connectivity index (χ1) is 12.0. The summed E-state index contributed by atoms with van der Waals surface area (Å²) in [7, 11) is 0. The molecule has 128 valence electrons. The third-order valence-electron chi connectivity index (χ3n) is 3.67. The van der Waals surface area contributed by atoms with Crippen LogP contribution in [0.25, 0.3) is 10.8 Å². The zero-order chi connectivity index (χ0) is 17.8. The van der Waals surface area contributed by atoms with Gasteiger partial charge < -0.3 is 5.32 Å². The van der Waals surface area contributed by atoms with Gasteiger partial charge in [0, 0.05) is 31.9 Å². The van der Waals surface area contributed by atoms with Gasteiger partial charge in [0.25, 0.3) is 0 Å². The lowest BCUT2D eigenvalue weighted by Gasteiger charge is -2.09. The van der Waals surface area contributed by atoms with Crippen LogP contribution in [0.1, 0.15) is 5.56 Å². The van der Waals surface area contributed by atoms with Crippen molar-refractivity contribution in [2.75, 3.05) is 5.75 Å². The van der Waals surface area contributed by atoms with Crippen molar-refractivity contribution in [1.29, 1.82) is 0 Å². The molecule has 3 aromatic carbocycles. The van der Waals surface area contributed by atoms with Crippen LogP contribution >= 0.6 is 46.6 Å². The van der Waals surface area contributed by atoms with Crippen molar-refractivity contribution >= 4 is 63.2 Å². The molecule has 0 radical (unpaired) electrons. The Kier molecular flexibility index (Phi) is 6.13. The minimum absolute atomic E-state index is 0.0694. The molecule has 6 heteroatoms. The number of hydrogen-bond donors (Lipinski definition) is 1. The maximum absolute atomic E-state index is 12.2. The molecule has 0 bridgehead atoms. The Hall–Kier alpha value is -1.39. The standard InChI is InChI=1S/C19H14Cl3NOS/c20-14-8-7-13(16(22)9-14)10-23-18(24)11-25-17-6-2-4-12-3-1-5-15(21)19(12)17/h1-9H,10-11H2,(H,23,24). The number of halogens is 3. The highest BCUT2D eigenvalue weighted by Gasteiger charge is 2.09. The maximum atomic E-state index is 12.2. The quantitative estimate of drug-likeness (QED) is 0.507. The van der Waals surface area contributed by atoms with Crippen molar-refractivity contribution < 1.29 is 4.79 Å². The van der Waals surface area contributed by atoms with E-state index in [9.17, 15) is 4.79 Å². The predicted molar refractivity (Wildman–Crippen MR) is 108 cm³/mol. The molecule has 0 saturated heterocycles. The summed E-state index contributed by atoms with van der Waals surface area (Å²) < 4.78 is 0. The molecule has 1 amide bonds. The van der Waals surface area contributed by atoms with Gasteiger partial charge >= 0.3 is 0 Å². The third-order valence-corrected chi connectivity index (χ3v) is 5.63. The largest absolute Gasteiger partial charge is 0.351 e. The fraction of sp³-hybridized carbons (Fsp3) is 0.105. The number of nitrogens with one attached hydrogen (secondary N) is 1. The van der Waals surface area contributed by atoms with Gasteiger partial charge in [0.05, 0.1) is 5.75 Å². The van der Waals surface area contributed by atoms with Crippen molar-refractivity contribution in [3.8, 4) is 0 Å². The third kappa shape index (κ3) is 4.62. The lowest BCUT2D eigenvalue weighted by Crippen LogP contribution is -2.24. The average Bonchev–Trinajstić information content (AvgIpc) is 2.59. The van der Waals surface area contributed by atoms with Gasteiger partial charge in [0.1, 0.15) is 0 Å². The molecule has 3 rings (SSSR count). The SMILES string of the molecule is O=C(CSc1cccc2cccc(Cl)c12)NCc1ccc(Cl)cc1Cl. The molecule has 3 aromatic rings. The molecule has 0 unspecified atom stereocenters. The monoisotopic (exact) mass is 409 g/mol. The van der Waals surface area contributed by atoms with Crippen LogP contribution in [0, 0.1) is 0 Å². The summed E-state index contributed by atoms with van der Waals surface area (Å²) in [4.78, 5) is 13.1. The number of fused-ring (bicyclic) bond motifs is 1. The van der Waals surface area contributed by atoms with Crippen molar-refractivity contribution in [3.05, 3.63) is 75.2 Å². The molecule has 0 heterocycles. The highest BCUT2D eigenvalue weighted by molar-refractivity contribution is 8.00. The molecule has 0 aliphatic heterocycles. The van der Waals surface area contributed by atoms with E-state index in [1.54, 1.807) is 12.1 Å². The van der Waals surface area contributed by atoms with E-state index in [0.717, 1.165) is 21.2 Å². The second-order valence-electron chi connectivity index (χ2n) is 5.40. The van der Waals surface area contributed by atoms with Gasteiger partial charge in [-0.2, -0.15) is 0 Å². The van der Waals surface area contributed by atoms with Crippen LogP contribution in [0.3, 0.4) is 0 Å². The summed E-state index contributed by atoms with van der Waals surface area (Å²) in [6.07, 6.45) is 0.